The van der Waals surface area contributed by atoms with Gasteiger partial charge in [-0.05, 0) is 48.8 Å². The van der Waals surface area contributed by atoms with E-state index in [1.165, 1.54) is 25.4 Å². The summed E-state index contributed by atoms with van der Waals surface area (Å²) in [7, 11) is 1.51. The number of aromatic nitrogens is 3. The predicted octanol–water partition coefficient (Wildman–Crippen LogP) is 3.84. The summed E-state index contributed by atoms with van der Waals surface area (Å²) in [5.41, 5.74) is 0.994. The van der Waals surface area contributed by atoms with Crippen LogP contribution in [0.2, 0.25) is 0 Å². The molecule has 8 nitrogen and oxygen atoms in total. The molecular formula is C18H19N5O3S2. The van der Waals surface area contributed by atoms with Crippen LogP contribution in [0.4, 0.5) is 11.4 Å². The Balaban J connectivity index is 1.89. The third-order valence-corrected chi connectivity index (χ3v) is 5.14. The molecule has 0 aliphatic rings. The van der Waals surface area contributed by atoms with E-state index >= 15 is 0 Å². The van der Waals surface area contributed by atoms with Crippen molar-refractivity contribution in [1.29, 1.82) is 0 Å². The third-order valence-electron chi connectivity index (χ3n) is 3.99. The van der Waals surface area contributed by atoms with Crippen LogP contribution >= 0.6 is 23.6 Å². The minimum absolute atomic E-state index is 0.207. The van der Waals surface area contributed by atoms with E-state index in [0.717, 1.165) is 4.88 Å². The number of amides is 2. The number of nitrogens with zero attached hydrogens (tertiary/aromatic N) is 2. The van der Waals surface area contributed by atoms with E-state index in [1.807, 2.05) is 17.5 Å². The molecule has 2 aromatic heterocycles. The van der Waals surface area contributed by atoms with E-state index in [2.05, 4.69) is 20.8 Å². The molecular weight excluding hydrogens is 398 g/mol. The molecule has 1 atom stereocenters. The van der Waals surface area contributed by atoms with Crippen LogP contribution in [0.3, 0.4) is 0 Å². The second-order valence-corrected chi connectivity index (χ2v) is 7.30. The second-order valence-electron chi connectivity index (χ2n) is 5.96. The lowest BCUT2D eigenvalue weighted by Crippen LogP contribution is -2.24. The highest BCUT2D eigenvalue weighted by Gasteiger charge is 2.22. The first kappa shape index (κ1) is 19.8. The number of hydrogen-bond acceptors (Lipinski definition) is 6. The quantitative estimate of drug-likeness (QED) is 0.529. The molecule has 3 rings (SSSR count). The maximum Gasteiger partial charge on any atom is 0.247 e. The standard InChI is InChI=1S/C18H19N5O3S2/c1-10(23-16(21-22-18(23)27)15-5-4-8-28-15)17(25)20-13-9-12(19-11(2)24)6-7-14(13)26-3/h4-10H,1-3H3,(H,19,24)(H,20,25)(H,22,27). The molecule has 0 aliphatic carbocycles. The number of hydrogen-bond donors (Lipinski definition) is 3. The van der Waals surface area contributed by atoms with Crippen LogP contribution in [0.5, 0.6) is 5.75 Å². The van der Waals surface area contributed by atoms with Crippen LogP contribution < -0.4 is 15.4 Å². The molecule has 0 bridgehead atoms. The van der Waals surface area contributed by atoms with Crippen molar-refractivity contribution >= 4 is 46.7 Å². The molecule has 0 saturated carbocycles. The molecule has 0 saturated heterocycles. The first-order valence-corrected chi connectivity index (χ1v) is 9.66. The zero-order chi connectivity index (χ0) is 20.3. The molecule has 1 unspecified atom stereocenters. The molecule has 146 valence electrons. The number of thiophene rings is 1. The van der Waals surface area contributed by atoms with Crippen LogP contribution in [0.15, 0.2) is 35.7 Å². The Morgan fingerprint density at radius 1 is 1.32 bits per heavy atom. The summed E-state index contributed by atoms with van der Waals surface area (Å²) in [5.74, 6) is 0.570. The maximum absolute atomic E-state index is 12.9. The maximum atomic E-state index is 12.9. The average Bonchev–Trinajstić information content (AvgIpc) is 3.30. The van der Waals surface area contributed by atoms with Crippen molar-refractivity contribution in [2.75, 3.05) is 17.7 Å². The van der Waals surface area contributed by atoms with E-state index in [-0.39, 0.29) is 11.8 Å². The highest BCUT2D eigenvalue weighted by molar-refractivity contribution is 7.71. The number of benzene rings is 1. The molecule has 0 fully saturated rings. The second kappa shape index (κ2) is 8.36. The number of carbonyl (C=O) groups excluding carboxylic acids is 2. The highest BCUT2D eigenvalue weighted by atomic mass is 32.1. The van der Waals surface area contributed by atoms with Crippen molar-refractivity contribution in [3.63, 3.8) is 0 Å². The summed E-state index contributed by atoms with van der Waals surface area (Å²) in [5, 5.41) is 14.5. The van der Waals surface area contributed by atoms with Crippen LogP contribution in [-0.2, 0) is 9.59 Å². The Kier molecular flexibility index (Phi) is 5.90. The zero-order valence-corrected chi connectivity index (χ0v) is 17.1. The van der Waals surface area contributed by atoms with E-state index in [9.17, 15) is 9.59 Å². The third kappa shape index (κ3) is 4.12. The molecule has 28 heavy (non-hydrogen) atoms. The first-order valence-electron chi connectivity index (χ1n) is 8.38. The Labute approximate surface area is 170 Å². The van der Waals surface area contributed by atoms with Gasteiger partial charge in [-0.1, -0.05) is 6.07 Å². The minimum Gasteiger partial charge on any atom is -0.495 e. The number of nitrogens with one attached hydrogen (secondary N) is 3. The van der Waals surface area contributed by atoms with E-state index in [1.54, 1.807) is 29.7 Å². The lowest BCUT2D eigenvalue weighted by atomic mass is 10.2. The van der Waals surface area contributed by atoms with Gasteiger partial charge in [-0.25, -0.2) is 0 Å². The van der Waals surface area contributed by atoms with Crippen molar-refractivity contribution in [3.05, 3.63) is 40.5 Å². The lowest BCUT2D eigenvalue weighted by molar-refractivity contribution is -0.118. The number of carbonyl (C=O) groups is 2. The van der Waals surface area contributed by atoms with Crippen LogP contribution in [-0.4, -0.2) is 33.7 Å². The fourth-order valence-corrected chi connectivity index (χ4v) is 3.69. The van der Waals surface area contributed by atoms with Gasteiger partial charge in [0.1, 0.15) is 11.8 Å². The summed E-state index contributed by atoms with van der Waals surface area (Å²) in [6.45, 7) is 3.15. The van der Waals surface area contributed by atoms with Gasteiger partial charge in [0.25, 0.3) is 0 Å². The van der Waals surface area contributed by atoms with Gasteiger partial charge in [0, 0.05) is 12.6 Å². The number of anilines is 2. The topological polar surface area (TPSA) is 101 Å². The number of methoxy groups -OCH3 is 1. The molecule has 10 heteroatoms. The van der Waals surface area contributed by atoms with Crippen LogP contribution in [0.25, 0.3) is 10.7 Å². The minimum atomic E-state index is -0.627. The monoisotopic (exact) mass is 417 g/mol. The fraction of sp³-hybridized carbons (Fsp3) is 0.222. The molecule has 2 amide bonds. The Morgan fingerprint density at radius 3 is 2.75 bits per heavy atom. The highest BCUT2D eigenvalue weighted by Crippen LogP contribution is 2.30. The molecule has 2 heterocycles. The molecule has 3 N–H and O–H groups in total. The first-order chi connectivity index (χ1) is 13.4. The summed E-state index contributed by atoms with van der Waals surface area (Å²) in [4.78, 5) is 25.1. The Hall–Kier alpha value is -2.98. The van der Waals surface area contributed by atoms with Gasteiger partial charge in [-0.15, -0.1) is 11.3 Å². The lowest BCUT2D eigenvalue weighted by Gasteiger charge is -2.17. The van der Waals surface area contributed by atoms with Crippen molar-refractivity contribution in [2.45, 2.75) is 19.9 Å². The largest absolute Gasteiger partial charge is 0.495 e. The van der Waals surface area contributed by atoms with Crippen LogP contribution in [0.1, 0.15) is 19.9 Å². The normalized spacial score (nSPS) is 11.7. The number of rotatable bonds is 6. The van der Waals surface area contributed by atoms with Crippen molar-refractivity contribution in [1.82, 2.24) is 14.8 Å². The van der Waals surface area contributed by atoms with E-state index in [0.29, 0.717) is 27.7 Å². The van der Waals surface area contributed by atoms with E-state index < -0.39 is 6.04 Å². The number of aromatic amines is 1. The SMILES string of the molecule is COc1ccc(NC(C)=O)cc1NC(=O)C(C)n1c(-c2cccs2)n[nH]c1=S. The van der Waals surface area contributed by atoms with Crippen LogP contribution in [0, 0.1) is 4.77 Å². The van der Waals surface area contributed by atoms with Gasteiger partial charge < -0.3 is 15.4 Å². The molecule has 0 aliphatic heterocycles. The van der Waals surface area contributed by atoms with Crippen molar-refractivity contribution < 1.29 is 14.3 Å². The number of ether oxygens (including phenoxy) is 1. The predicted molar refractivity (Wildman–Crippen MR) is 111 cm³/mol. The van der Waals surface area contributed by atoms with E-state index in [4.69, 9.17) is 17.0 Å². The van der Waals surface area contributed by atoms with Crippen molar-refractivity contribution in [2.24, 2.45) is 0 Å². The zero-order valence-electron chi connectivity index (χ0n) is 15.5. The Morgan fingerprint density at radius 2 is 2.11 bits per heavy atom. The smallest absolute Gasteiger partial charge is 0.247 e. The van der Waals surface area contributed by atoms with Crippen molar-refractivity contribution in [3.8, 4) is 16.5 Å². The van der Waals surface area contributed by atoms with Gasteiger partial charge >= 0.3 is 0 Å². The van der Waals surface area contributed by atoms with Gasteiger partial charge in [0.05, 0.1) is 17.7 Å². The fourth-order valence-electron chi connectivity index (χ4n) is 2.68. The average molecular weight is 418 g/mol. The van der Waals surface area contributed by atoms with Gasteiger partial charge in [0.2, 0.25) is 11.8 Å². The summed E-state index contributed by atoms with van der Waals surface area (Å²) in [6.07, 6.45) is 0. The van der Waals surface area contributed by atoms with Gasteiger partial charge in [0.15, 0.2) is 10.6 Å². The molecule has 0 radical (unpaired) electrons. The van der Waals surface area contributed by atoms with Gasteiger partial charge in [-0.3, -0.25) is 19.3 Å². The summed E-state index contributed by atoms with van der Waals surface area (Å²) >= 11 is 6.83. The number of H-pyrrole nitrogens is 1. The molecule has 1 aromatic carbocycles. The molecule has 0 spiro atoms. The molecule has 3 aromatic rings. The summed E-state index contributed by atoms with van der Waals surface area (Å²) in [6, 6.07) is 8.20. The summed E-state index contributed by atoms with van der Waals surface area (Å²) < 4.78 is 7.33. The van der Waals surface area contributed by atoms with Gasteiger partial charge in [-0.2, -0.15) is 5.10 Å². The Bertz CT molecular complexity index is 1060.